The van der Waals surface area contributed by atoms with Crippen molar-refractivity contribution in [3.05, 3.63) is 42.2 Å². The predicted octanol–water partition coefficient (Wildman–Crippen LogP) is 2.96. The van der Waals surface area contributed by atoms with Crippen molar-refractivity contribution in [2.75, 3.05) is 0 Å². The second-order valence-electron chi connectivity index (χ2n) is 4.99. The zero-order chi connectivity index (χ0) is 14.7. The molecule has 0 bridgehead atoms. The standard InChI is InChI=1S/C15H19N3OS/c1-10(2)12-4-6-13(7-5-12)18-9-8-17-15(18)20-11(3)14(16)19/h4-11H,1-3H3,(H2,16,19). The van der Waals surface area contributed by atoms with Crippen molar-refractivity contribution in [1.29, 1.82) is 0 Å². The van der Waals surface area contributed by atoms with Crippen LogP contribution in [0.1, 0.15) is 32.3 Å². The number of imidazole rings is 1. The van der Waals surface area contributed by atoms with Crippen LogP contribution in [0.5, 0.6) is 0 Å². The number of thioether (sulfide) groups is 1. The molecule has 1 unspecified atom stereocenters. The first-order valence-corrected chi connectivity index (χ1v) is 7.46. The molecule has 0 aliphatic rings. The Hall–Kier alpha value is -1.75. The second kappa shape index (κ2) is 6.13. The van der Waals surface area contributed by atoms with Crippen LogP contribution in [-0.2, 0) is 4.79 Å². The lowest BCUT2D eigenvalue weighted by molar-refractivity contribution is -0.117. The number of rotatable bonds is 5. The van der Waals surface area contributed by atoms with E-state index in [1.165, 1.54) is 17.3 Å². The fourth-order valence-electron chi connectivity index (χ4n) is 1.81. The second-order valence-corrected chi connectivity index (χ2v) is 6.30. The van der Waals surface area contributed by atoms with E-state index >= 15 is 0 Å². The molecule has 5 heteroatoms. The first-order valence-electron chi connectivity index (χ1n) is 6.58. The molecule has 0 saturated carbocycles. The fourth-order valence-corrected chi connectivity index (χ4v) is 2.64. The molecule has 1 aromatic heterocycles. The van der Waals surface area contributed by atoms with Gasteiger partial charge in [0.1, 0.15) is 0 Å². The molecule has 0 aliphatic heterocycles. The van der Waals surface area contributed by atoms with Gasteiger partial charge in [-0.2, -0.15) is 0 Å². The minimum Gasteiger partial charge on any atom is -0.369 e. The third-order valence-corrected chi connectivity index (χ3v) is 4.23. The number of hydrogen-bond donors (Lipinski definition) is 1. The molecule has 2 rings (SSSR count). The summed E-state index contributed by atoms with van der Waals surface area (Å²) >= 11 is 1.37. The smallest absolute Gasteiger partial charge is 0.230 e. The maximum atomic E-state index is 11.2. The van der Waals surface area contributed by atoms with Crippen molar-refractivity contribution in [3.63, 3.8) is 0 Å². The van der Waals surface area contributed by atoms with E-state index in [9.17, 15) is 4.79 Å². The topological polar surface area (TPSA) is 60.9 Å². The van der Waals surface area contributed by atoms with Gasteiger partial charge < -0.3 is 5.73 Å². The molecule has 0 spiro atoms. The van der Waals surface area contributed by atoms with Crippen LogP contribution in [0.3, 0.4) is 0 Å². The highest BCUT2D eigenvalue weighted by molar-refractivity contribution is 8.00. The SMILES string of the molecule is CC(Sc1nccn1-c1ccc(C(C)C)cc1)C(N)=O. The lowest BCUT2D eigenvalue weighted by Crippen LogP contribution is -2.22. The van der Waals surface area contributed by atoms with Crippen LogP contribution in [0.2, 0.25) is 0 Å². The molecule has 4 nitrogen and oxygen atoms in total. The van der Waals surface area contributed by atoms with Gasteiger partial charge in [-0.25, -0.2) is 4.98 Å². The third-order valence-electron chi connectivity index (χ3n) is 3.13. The molecule has 1 amide bonds. The summed E-state index contributed by atoms with van der Waals surface area (Å²) in [5.74, 6) is 0.176. The van der Waals surface area contributed by atoms with Gasteiger partial charge in [-0.3, -0.25) is 9.36 Å². The van der Waals surface area contributed by atoms with Crippen LogP contribution in [0, 0.1) is 0 Å². The Morgan fingerprint density at radius 1 is 1.25 bits per heavy atom. The Labute approximate surface area is 123 Å². The van der Waals surface area contributed by atoms with Crippen LogP contribution in [0.15, 0.2) is 41.8 Å². The van der Waals surface area contributed by atoms with Gasteiger partial charge in [-0.05, 0) is 30.5 Å². The summed E-state index contributed by atoms with van der Waals surface area (Å²) in [7, 11) is 0. The lowest BCUT2D eigenvalue weighted by atomic mass is 10.0. The average molecular weight is 289 g/mol. The Morgan fingerprint density at radius 2 is 1.90 bits per heavy atom. The van der Waals surface area contributed by atoms with Gasteiger partial charge in [0.25, 0.3) is 0 Å². The van der Waals surface area contributed by atoms with E-state index in [2.05, 4.69) is 43.1 Å². The van der Waals surface area contributed by atoms with Gasteiger partial charge in [-0.15, -0.1) is 0 Å². The van der Waals surface area contributed by atoms with E-state index < -0.39 is 0 Å². The van der Waals surface area contributed by atoms with Crippen LogP contribution in [0.4, 0.5) is 0 Å². The molecule has 0 fully saturated rings. The van der Waals surface area contributed by atoms with Crippen molar-refractivity contribution in [2.45, 2.75) is 37.1 Å². The predicted molar refractivity (Wildman–Crippen MR) is 82.2 cm³/mol. The largest absolute Gasteiger partial charge is 0.369 e. The minimum absolute atomic E-state index is 0.300. The van der Waals surface area contributed by atoms with Crippen molar-refractivity contribution in [1.82, 2.24) is 9.55 Å². The zero-order valence-electron chi connectivity index (χ0n) is 11.9. The van der Waals surface area contributed by atoms with Crippen molar-refractivity contribution < 1.29 is 4.79 Å². The number of carbonyl (C=O) groups excluding carboxylic acids is 1. The number of nitrogens with zero attached hydrogens (tertiary/aromatic N) is 2. The molecule has 1 heterocycles. The van der Waals surface area contributed by atoms with Gasteiger partial charge >= 0.3 is 0 Å². The Bertz CT molecular complexity index is 589. The number of nitrogens with two attached hydrogens (primary N) is 1. The summed E-state index contributed by atoms with van der Waals surface area (Å²) in [6, 6.07) is 8.37. The molecular formula is C15H19N3OS. The highest BCUT2D eigenvalue weighted by Gasteiger charge is 2.14. The summed E-state index contributed by atoms with van der Waals surface area (Å²) in [6.45, 7) is 6.12. The molecule has 2 N–H and O–H groups in total. The van der Waals surface area contributed by atoms with Crippen molar-refractivity contribution in [3.8, 4) is 5.69 Å². The van der Waals surface area contributed by atoms with E-state index in [0.29, 0.717) is 5.92 Å². The van der Waals surface area contributed by atoms with Crippen LogP contribution < -0.4 is 5.73 Å². The number of carbonyl (C=O) groups is 1. The first kappa shape index (κ1) is 14.7. The summed E-state index contributed by atoms with van der Waals surface area (Å²) in [5, 5.41) is 0.472. The van der Waals surface area contributed by atoms with Crippen LogP contribution in [0.25, 0.3) is 5.69 Å². The lowest BCUT2D eigenvalue weighted by Gasteiger charge is -2.11. The van der Waals surface area contributed by atoms with Crippen LogP contribution >= 0.6 is 11.8 Å². The molecule has 0 aliphatic carbocycles. The molecule has 20 heavy (non-hydrogen) atoms. The highest BCUT2D eigenvalue weighted by atomic mass is 32.2. The van der Waals surface area contributed by atoms with Crippen molar-refractivity contribution in [2.24, 2.45) is 5.73 Å². The van der Waals surface area contributed by atoms with Crippen LogP contribution in [-0.4, -0.2) is 20.7 Å². The molecule has 1 aromatic carbocycles. The first-order chi connectivity index (χ1) is 9.49. The van der Waals surface area contributed by atoms with E-state index in [4.69, 9.17) is 5.73 Å². The monoisotopic (exact) mass is 289 g/mol. The number of primary amides is 1. The van der Waals surface area contributed by atoms with E-state index in [1.54, 1.807) is 13.1 Å². The number of hydrogen-bond acceptors (Lipinski definition) is 3. The van der Waals surface area contributed by atoms with E-state index in [-0.39, 0.29) is 11.2 Å². The summed E-state index contributed by atoms with van der Waals surface area (Å²) in [5.41, 5.74) is 7.63. The normalized spacial score (nSPS) is 12.6. The highest BCUT2D eigenvalue weighted by Crippen LogP contribution is 2.25. The molecule has 2 aromatic rings. The fraction of sp³-hybridized carbons (Fsp3) is 0.333. The maximum absolute atomic E-state index is 11.2. The minimum atomic E-state index is -0.334. The van der Waals surface area contributed by atoms with Crippen molar-refractivity contribution >= 4 is 17.7 Å². The number of amides is 1. The summed E-state index contributed by atoms with van der Waals surface area (Å²) < 4.78 is 1.97. The summed E-state index contributed by atoms with van der Waals surface area (Å²) in [4.78, 5) is 15.4. The van der Waals surface area contributed by atoms with Gasteiger partial charge in [-0.1, -0.05) is 37.7 Å². The van der Waals surface area contributed by atoms with E-state index in [1.807, 2.05) is 10.8 Å². The molecule has 0 radical (unpaired) electrons. The molecule has 1 atom stereocenters. The van der Waals surface area contributed by atoms with Gasteiger partial charge in [0, 0.05) is 18.1 Å². The Morgan fingerprint density at radius 3 is 2.45 bits per heavy atom. The van der Waals surface area contributed by atoms with Gasteiger partial charge in [0.05, 0.1) is 5.25 Å². The Balaban J connectivity index is 2.25. The number of aromatic nitrogens is 2. The molecule has 106 valence electrons. The average Bonchev–Trinajstić information content (AvgIpc) is 2.86. The maximum Gasteiger partial charge on any atom is 0.230 e. The molecule has 0 saturated heterocycles. The third kappa shape index (κ3) is 3.22. The van der Waals surface area contributed by atoms with Gasteiger partial charge in [0.15, 0.2) is 5.16 Å². The quantitative estimate of drug-likeness (QED) is 0.861. The molecular weight excluding hydrogens is 270 g/mol. The summed E-state index contributed by atoms with van der Waals surface area (Å²) in [6.07, 6.45) is 3.62. The number of benzene rings is 1. The van der Waals surface area contributed by atoms with E-state index in [0.717, 1.165) is 10.8 Å². The Kier molecular flexibility index (Phi) is 4.49. The van der Waals surface area contributed by atoms with Gasteiger partial charge in [0.2, 0.25) is 5.91 Å². The zero-order valence-corrected chi connectivity index (χ0v) is 12.7.